The molecule has 6 rings (SSSR count). The number of carbonyl (C=O) groups is 2. The molecule has 0 atom stereocenters. The number of fused-ring (bicyclic) bond motifs is 2. The number of azo groups is 2. The molecule has 2 N–H and O–H groups in total. The van der Waals surface area contributed by atoms with Crippen molar-refractivity contribution in [3.63, 3.8) is 0 Å². The Morgan fingerprint density at radius 1 is 0.542 bits per heavy atom. The summed E-state index contributed by atoms with van der Waals surface area (Å²) in [5.74, 6) is -2.09. The molecule has 303 valence electrons. The number of anilines is 2. The summed E-state index contributed by atoms with van der Waals surface area (Å²) < 4.78 is 56.0. The van der Waals surface area contributed by atoms with Gasteiger partial charge in [-0.15, -0.1) is 0 Å². The van der Waals surface area contributed by atoms with Crippen molar-refractivity contribution in [2.24, 2.45) is 20.5 Å². The fraction of sp³-hybridized carbons (Fsp3) is 0.105. The first-order valence-electron chi connectivity index (χ1n) is 16.4. The second-order valence-corrected chi connectivity index (χ2v) is 16.1. The van der Waals surface area contributed by atoms with Crippen molar-refractivity contribution in [2.75, 3.05) is 37.4 Å². The molecule has 6 aromatic carbocycles. The molecule has 1 radical (unpaired) electrons. The maximum Gasteiger partial charge on any atom is 3.00 e. The molecule has 2 amide bonds. The van der Waals surface area contributed by atoms with E-state index in [4.69, 9.17) is 0 Å². The van der Waals surface area contributed by atoms with Gasteiger partial charge < -0.3 is 29.9 Å². The average molecular weight is 880 g/mol. The van der Waals surface area contributed by atoms with Gasteiger partial charge in [-0.1, -0.05) is 83.7 Å². The summed E-state index contributed by atoms with van der Waals surface area (Å²) in [6, 6.07) is 22.2. The quantitative estimate of drug-likeness (QED) is 0.165. The van der Waals surface area contributed by atoms with E-state index in [1.807, 2.05) is 0 Å². The van der Waals surface area contributed by atoms with Crippen LogP contribution >= 0.6 is 0 Å². The second kappa shape index (κ2) is 18.6. The number of amides is 2. The van der Waals surface area contributed by atoms with E-state index in [0.717, 1.165) is 36.8 Å². The molecule has 0 fully saturated rings. The number of nitrogens with one attached hydrogen (secondary N) is 2. The van der Waals surface area contributed by atoms with Gasteiger partial charge in [-0.05, 0) is 47.2 Å². The van der Waals surface area contributed by atoms with E-state index < -0.39 is 54.9 Å². The molecule has 59 heavy (non-hydrogen) atoms. The normalized spacial score (nSPS) is 11.5. The number of hydrogen-bond acceptors (Lipinski definition) is 16. The SMILES string of the molecule is COC(=O)Nc1cccc2ccc([O-])c(N=Nc3cc(S(C)(=O)=O)ccc3[O-])c12.COC(=O)Nc1cccc2ccc([O-])c(N=Nc3cc(S(C)(=O)=O)ccc3[O-])c12.[Cr+3].[H+]. The minimum atomic E-state index is -3.55. The van der Waals surface area contributed by atoms with Gasteiger partial charge in [0.1, 0.15) is 0 Å². The van der Waals surface area contributed by atoms with Crippen LogP contribution in [-0.2, 0) is 46.5 Å². The molecular weight excluding hydrogens is 849 g/mol. The number of rotatable bonds is 8. The van der Waals surface area contributed by atoms with Crippen LogP contribution in [0.2, 0.25) is 0 Å². The van der Waals surface area contributed by atoms with E-state index in [1.54, 1.807) is 48.5 Å². The van der Waals surface area contributed by atoms with E-state index in [1.165, 1.54) is 38.5 Å². The first-order valence-corrected chi connectivity index (χ1v) is 20.2. The molecule has 0 heterocycles. The number of ether oxygens (including phenoxy) is 2. The first kappa shape index (κ1) is 44.9. The number of carbonyl (C=O) groups excluding carboxylic acids is 2. The van der Waals surface area contributed by atoms with Crippen molar-refractivity contribution >= 4 is 87.5 Å². The van der Waals surface area contributed by atoms with E-state index >= 15 is 0 Å². The van der Waals surface area contributed by atoms with Crippen LogP contribution in [0.1, 0.15) is 1.43 Å². The Bertz CT molecular complexity index is 2690. The topological polar surface area (TPSA) is 287 Å². The smallest absolute Gasteiger partial charge is 0.871 e. The summed E-state index contributed by atoms with van der Waals surface area (Å²) in [4.78, 5) is 23.0. The number of sulfone groups is 2. The summed E-state index contributed by atoms with van der Waals surface area (Å²) in [5.41, 5.74) is -0.149. The van der Waals surface area contributed by atoms with Crippen LogP contribution < -0.4 is 31.1 Å². The van der Waals surface area contributed by atoms with Gasteiger partial charge in [-0.3, -0.25) is 10.6 Å². The monoisotopic (exact) mass is 879 g/mol. The van der Waals surface area contributed by atoms with Crippen molar-refractivity contribution in [1.29, 1.82) is 0 Å². The van der Waals surface area contributed by atoms with E-state index in [9.17, 15) is 46.9 Å². The minimum Gasteiger partial charge on any atom is -0.871 e. The van der Waals surface area contributed by atoms with Gasteiger partial charge in [0, 0.05) is 23.3 Å². The summed E-state index contributed by atoms with van der Waals surface area (Å²) in [5, 5.41) is 71.1. The van der Waals surface area contributed by atoms with Gasteiger partial charge >= 0.3 is 31.0 Å². The Labute approximate surface area is 348 Å². The zero-order valence-corrected chi connectivity index (χ0v) is 34.1. The molecule has 18 nitrogen and oxygen atoms in total. The van der Waals surface area contributed by atoms with Crippen LogP contribution in [0, 0.1) is 0 Å². The molecule has 0 aromatic heterocycles. The van der Waals surface area contributed by atoms with Crippen LogP contribution in [0.15, 0.2) is 127 Å². The van der Waals surface area contributed by atoms with Crippen LogP contribution in [0.5, 0.6) is 23.0 Å². The van der Waals surface area contributed by atoms with Crippen LogP contribution in [0.25, 0.3) is 21.5 Å². The zero-order chi connectivity index (χ0) is 42.4. The van der Waals surface area contributed by atoms with E-state index in [-0.39, 0.29) is 62.7 Å². The van der Waals surface area contributed by atoms with Gasteiger partial charge in [0.05, 0.1) is 58.1 Å². The molecule has 0 aliphatic rings. The molecule has 0 unspecified atom stereocenters. The molecule has 6 aromatic rings. The second-order valence-electron chi connectivity index (χ2n) is 12.1. The van der Waals surface area contributed by atoms with E-state index in [2.05, 4.69) is 40.6 Å². The molecule has 0 bridgehead atoms. The molecule has 0 saturated heterocycles. The first-order chi connectivity index (χ1) is 27.4. The predicted octanol–water partition coefficient (Wildman–Crippen LogP) is 6.08. The third-order valence-electron chi connectivity index (χ3n) is 8.04. The van der Waals surface area contributed by atoms with Crippen molar-refractivity contribution in [3.05, 3.63) is 97.1 Å². The summed E-state index contributed by atoms with van der Waals surface area (Å²) >= 11 is 0. The van der Waals surface area contributed by atoms with Crippen molar-refractivity contribution in [1.82, 2.24) is 0 Å². The van der Waals surface area contributed by atoms with Gasteiger partial charge in [0.15, 0.2) is 19.7 Å². The zero-order valence-electron chi connectivity index (χ0n) is 32.2. The molecule has 21 heteroatoms. The Hall–Kier alpha value is -6.79. The van der Waals surface area contributed by atoms with Crippen molar-refractivity contribution < 1.29 is 75.1 Å². The van der Waals surface area contributed by atoms with Gasteiger partial charge in [-0.25, -0.2) is 26.4 Å². The largest absolute Gasteiger partial charge is 3.00 e. The molecule has 0 aliphatic carbocycles. The summed E-state index contributed by atoms with van der Waals surface area (Å²) in [7, 11) is -4.71. The Balaban J connectivity index is 0.000000310. The average Bonchev–Trinajstić information content (AvgIpc) is 3.17. The predicted molar refractivity (Wildman–Crippen MR) is 206 cm³/mol. The third kappa shape index (κ3) is 10.8. The van der Waals surface area contributed by atoms with Gasteiger partial charge in [0.2, 0.25) is 0 Å². The summed E-state index contributed by atoms with van der Waals surface area (Å²) in [6.07, 6.45) is 0.525. The number of methoxy groups -OCH3 is 2. The Morgan fingerprint density at radius 3 is 1.24 bits per heavy atom. The standard InChI is InChI=1S/2C19H17N3O6S.Cr/c2*1-28-19(25)20-13-5-3-4-11-6-8-16(24)18(17(11)13)22-21-14-10-12(29(2,26)27)7-9-15(14)23;/h2*3-10,23-24H,1-2H3,(H,20,25);/q;;+3/p-3. The van der Waals surface area contributed by atoms with Crippen molar-refractivity contribution in [2.45, 2.75) is 9.79 Å². The van der Waals surface area contributed by atoms with Crippen molar-refractivity contribution in [3.8, 4) is 23.0 Å². The molecule has 0 saturated carbocycles. The fourth-order valence-electron chi connectivity index (χ4n) is 5.23. The summed E-state index contributed by atoms with van der Waals surface area (Å²) in [6.45, 7) is 0. The minimum absolute atomic E-state index is 0. The Kier molecular flexibility index (Phi) is 14.2. The maximum atomic E-state index is 12.4. The number of hydrogen-bond donors (Lipinski definition) is 2. The maximum absolute atomic E-state index is 12.4. The molecular formula is C38H31CrN6O12S2. The number of benzene rings is 6. The molecule has 0 spiro atoms. The molecule has 0 aliphatic heterocycles. The Morgan fingerprint density at radius 2 is 0.898 bits per heavy atom. The third-order valence-corrected chi connectivity index (χ3v) is 10.3. The fourth-order valence-corrected chi connectivity index (χ4v) is 6.51. The number of nitrogens with zero attached hydrogens (tertiary/aromatic N) is 4. The van der Waals surface area contributed by atoms with E-state index in [0.29, 0.717) is 21.5 Å². The van der Waals surface area contributed by atoms with Crippen LogP contribution in [-0.4, -0.2) is 55.8 Å². The van der Waals surface area contributed by atoms with Crippen LogP contribution in [0.4, 0.5) is 43.7 Å². The van der Waals surface area contributed by atoms with Gasteiger partial charge in [0.25, 0.3) is 0 Å². The van der Waals surface area contributed by atoms with Crippen LogP contribution in [0.3, 0.4) is 0 Å². The van der Waals surface area contributed by atoms with Gasteiger partial charge in [-0.2, -0.15) is 20.5 Å².